The second kappa shape index (κ2) is 6.76. The van der Waals surface area contributed by atoms with Gasteiger partial charge in [0.25, 0.3) is 0 Å². The minimum absolute atomic E-state index is 0.0147. The van der Waals surface area contributed by atoms with Gasteiger partial charge in [0.2, 0.25) is 0 Å². The smallest absolute Gasteiger partial charge is 0.313 e. The third kappa shape index (κ3) is 3.96. The normalized spacial score (nSPS) is 13.0. The lowest BCUT2D eigenvalue weighted by Gasteiger charge is -2.20. The predicted molar refractivity (Wildman–Crippen MR) is 86.9 cm³/mol. The van der Waals surface area contributed by atoms with Crippen LogP contribution in [0.1, 0.15) is 13.0 Å². The maximum Gasteiger partial charge on any atom is 0.313 e. The van der Waals surface area contributed by atoms with Crippen molar-refractivity contribution in [1.29, 1.82) is 0 Å². The van der Waals surface area contributed by atoms with Gasteiger partial charge >= 0.3 is 5.97 Å². The first kappa shape index (κ1) is 16.3. The molecule has 1 unspecified atom stereocenters. The summed E-state index contributed by atoms with van der Waals surface area (Å²) in [5.41, 5.74) is 1.54. The van der Waals surface area contributed by atoms with Crippen LogP contribution >= 0.6 is 27.7 Å². The average Bonchev–Trinajstić information content (AvgIpc) is 2.72. The Morgan fingerprint density at radius 3 is 2.90 bits per heavy atom. The third-order valence-corrected chi connectivity index (χ3v) is 4.23. The summed E-state index contributed by atoms with van der Waals surface area (Å²) in [6.07, 6.45) is 1.73. The molecule has 0 aromatic carbocycles. The molecular weight excluding hydrogens is 356 g/mol. The van der Waals surface area contributed by atoms with Crippen molar-refractivity contribution in [2.24, 2.45) is 0 Å². The number of aromatic nitrogens is 3. The zero-order chi connectivity index (χ0) is 15.6. The van der Waals surface area contributed by atoms with Gasteiger partial charge in [-0.25, -0.2) is 9.97 Å². The Labute approximate surface area is 135 Å². The first-order valence-electron chi connectivity index (χ1n) is 6.41. The Morgan fingerprint density at radius 2 is 2.29 bits per heavy atom. The Hall–Kier alpha value is -1.12. The minimum atomic E-state index is -0.854. The molecule has 8 heteroatoms. The molecule has 2 aromatic rings. The predicted octanol–water partition coefficient (Wildman–Crippen LogP) is 2.49. The number of carbonyl (C=O) groups is 1. The molecule has 0 radical (unpaired) electrons. The maximum atomic E-state index is 10.8. The molecule has 1 atom stereocenters. The highest BCUT2D eigenvalue weighted by atomic mass is 79.9. The molecular formula is C13H17BrN4O2S. The Morgan fingerprint density at radius 1 is 1.57 bits per heavy atom. The van der Waals surface area contributed by atoms with Crippen LogP contribution in [-0.4, -0.2) is 56.9 Å². The topological polar surface area (TPSA) is 71.2 Å². The lowest BCUT2D eigenvalue weighted by Crippen LogP contribution is -2.23. The van der Waals surface area contributed by atoms with E-state index in [1.54, 1.807) is 6.20 Å². The van der Waals surface area contributed by atoms with E-state index < -0.39 is 5.97 Å². The van der Waals surface area contributed by atoms with E-state index >= 15 is 0 Å². The van der Waals surface area contributed by atoms with Crippen LogP contribution in [0, 0.1) is 0 Å². The van der Waals surface area contributed by atoms with Gasteiger partial charge in [0.15, 0.2) is 10.8 Å². The standard InChI is InChI=1S/C13H17BrN4O2S/c1-8(6-17(2)3)18-12-10(4-9(14)5-15-12)16-13(18)21-7-11(19)20/h4-5,8H,6-7H2,1-3H3,(H,19,20). The van der Waals surface area contributed by atoms with Crippen LogP contribution in [-0.2, 0) is 4.79 Å². The summed E-state index contributed by atoms with van der Waals surface area (Å²) in [4.78, 5) is 21.9. The van der Waals surface area contributed by atoms with Gasteiger partial charge in [-0.15, -0.1) is 0 Å². The van der Waals surface area contributed by atoms with Gasteiger partial charge < -0.3 is 10.0 Å². The number of likely N-dealkylation sites (N-methyl/N-ethyl adjacent to an activating group) is 1. The van der Waals surface area contributed by atoms with Crippen LogP contribution < -0.4 is 0 Å². The first-order chi connectivity index (χ1) is 9.88. The molecule has 0 saturated heterocycles. The van der Waals surface area contributed by atoms with Gasteiger partial charge in [-0.3, -0.25) is 9.36 Å². The lowest BCUT2D eigenvalue weighted by atomic mass is 10.3. The molecule has 0 aliphatic carbocycles. The van der Waals surface area contributed by atoms with Crippen LogP contribution in [0.4, 0.5) is 0 Å². The SMILES string of the molecule is CC(CN(C)C)n1c(SCC(=O)O)nc2cc(Br)cnc21. The van der Waals surface area contributed by atoms with Crippen molar-refractivity contribution >= 4 is 44.8 Å². The van der Waals surface area contributed by atoms with Crippen molar-refractivity contribution in [3.05, 3.63) is 16.7 Å². The Bertz CT molecular complexity index is 659. The van der Waals surface area contributed by atoms with Crippen molar-refractivity contribution in [3.8, 4) is 0 Å². The van der Waals surface area contributed by atoms with E-state index in [-0.39, 0.29) is 11.8 Å². The molecule has 2 heterocycles. The molecule has 1 N–H and O–H groups in total. The van der Waals surface area contributed by atoms with E-state index in [2.05, 4.69) is 37.7 Å². The lowest BCUT2D eigenvalue weighted by molar-refractivity contribution is -0.133. The molecule has 0 bridgehead atoms. The molecule has 0 aliphatic heterocycles. The fourth-order valence-corrected chi connectivity index (χ4v) is 3.31. The number of imidazole rings is 1. The van der Waals surface area contributed by atoms with Crippen molar-refractivity contribution < 1.29 is 9.90 Å². The number of aliphatic carboxylic acids is 1. The zero-order valence-electron chi connectivity index (χ0n) is 12.1. The third-order valence-electron chi connectivity index (χ3n) is 2.86. The molecule has 2 aromatic heterocycles. The molecule has 0 aliphatic rings. The summed E-state index contributed by atoms with van der Waals surface area (Å²) in [6.45, 7) is 2.90. The quantitative estimate of drug-likeness (QED) is 0.785. The molecule has 0 amide bonds. The summed E-state index contributed by atoms with van der Waals surface area (Å²) in [5.74, 6) is -0.868. The molecule has 0 saturated carbocycles. The van der Waals surface area contributed by atoms with E-state index in [1.807, 2.05) is 24.7 Å². The fourth-order valence-electron chi connectivity index (χ4n) is 2.17. The fraction of sp³-hybridized carbons (Fsp3) is 0.462. The summed E-state index contributed by atoms with van der Waals surface area (Å²) in [6, 6.07) is 2.04. The highest BCUT2D eigenvalue weighted by Crippen LogP contribution is 2.28. The Balaban J connectivity index is 2.46. The zero-order valence-corrected chi connectivity index (χ0v) is 14.5. The van der Waals surface area contributed by atoms with E-state index in [0.717, 1.165) is 22.2 Å². The van der Waals surface area contributed by atoms with Crippen LogP contribution in [0.25, 0.3) is 11.2 Å². The molecule has 6 nitrogen and oxygen atoms in total. The highest BCUT2D eigenvalue weighted by Gasteiger charge is 2.19. The van der Waals surface area contributed by atoms with Gasteiger partial charge in [0.1, 0.15) is 5.52 Å². The highest BCUT2D eigenvalue weighted by molar-refractivity contribution is 9.10. The summed E-state index contributed by atoms with van der Waals surface area (Å²) < 4.78 is 2.87. The van der Waals surface area contributed by atoms with E-state index in [1.165, 1.54) is 11.8 Å². The number of rotatable bonds is 6. The number of nitrogens with zero attached hydrogens (tertiary/aromatic N) is 4. The van der Waals surface area contributed by atoms with Crippen LogP contribution in [0.3, 0.4) is 0 Å². The van der Waals surface area contributed by atoms with Gasteiger partial charge in [-0.1, -0.05) is 11.8 Å². The van der Waals surface area contributed by atoms with Crippen molar-refractivity contribution in [2.75, 3.05) is 26.4 Å². The molecule has 114 valence electrons. The molecule has 0 spiro atoms. The van der Waals surface area contributed by atoms with Crippen molar-refractivity contribution in [2.45, 2.75) is 18.1 Å². The second-order valence-corrected chi connectivity index (χ2v) is 6.91. The van der Waals surface area contributed by atoms with Gasteiger partial charge in [0.05, 0.1) is 5.75 Å². The van der Waals surface area contributed by atoms with Crippen molar-refractivity contribution in [1.82, 2.24) is 19.4 Å². The molecule has 2 rings (SSSR count). The van der Waals surface area contributed by atoms with E-state index in [4.69, 9.17) is 5.11 Å². The number of hydrogen-bond acceptors (Lipinski definition) is 5. The van der Waals surface area contributed by atoms with E-state index in [9.17, 15) is 4.79 Å². The number of carboxylic acid groups (broad SMARTS) is 1. The van der Waals surface area contributed by atoms with Gasteiger partial charge in [-0.2, -0.15) is 0 Å². The average molecular weight is 373 g/mol. The van der Waals surface area contributed by atoms with Crippen LogP contribution in [0.2, 0.25) is 0 Å². The molecule has 21 heavy (non-hydrogen) atoms. The number of carboxylic acids is 1. The number of thioether (sulfide) groups is 1. The monoisotopic (exact) mass is 372 g/mol. The van der Waals surface area contributed by atoms with Gasteiger partial charge in [0, 0.05) is 23.3 Å². The van der Waals surface area contributed by atoms with Gasteiger partial charge in [-0.05, 0) is 43.0 Å². The number of fused-ring (bicyclic) bond motifs is 1. The maximum absolute atomic E-state index is 10.8. The summed E-state index contributed by atoms with van der Waals surface area (Å²) >= 11 is 4.61. The first-order valence-corrected chi connectivity index (χ1v) is 8.19. The Kier molecular flexibility index (Phi) is 5.23. The summed E-state index contributed by atoms with van der Waals surface area (Å²) in [5, 5.41) is 9.57. The molecule has 0 fully saturated rings. The summed E-state index contributed by atoms with van der Waals surface area (Å²) in [7, 11) is 4.01. The van der Waals surface area contributed by atoms with Crippen molar-refractivity contribution in [3.63, 3.8) is 0 Å². The van der Waals surface area contributed by atoms with E-state index in [0.29, 0.717) is 5.16 Å². The number of pyridine rings is 1. The number of hydrogen-bond donors (Lipinski definition) is 1. The number of halogens is 1. The largest absolute Gasteiger partial charge is 0.481 e. The van der Waals surface area contributed by atoms with Crippen LogP contribution in [0.15, 0.2) is 21.9 Å². The second-order valence-electron chi connectivity index (χ2n) is 5.05. The van der Waals surface area contributed by atoms with Crippen LogP contribution in [0.5, 0.6) is 0 Å². The minimum Gasteiger partial charge on any atom is -0.481 e.